The second-order valence-corrected chi connectivity index (χ2v) is 4.61. The number of hydrogen-bond donors (Lipinski definition) is 2. The summed E-state index contributed by atoms with van der Waals surface area (Å²) < 4.78 is 5.28. The van der Waals surface area contributed by atoms with Gasteiger partial charge in [-0.25, -0.2) is 9.78 Å². The Morgan fingerprint density at radius 2 is 2.22 bits per heavy atom. The highest BCUT2D eigenvalue weighted by Crippen LogP contribution is 2.13. The van der Waals surface area contributed by atoms with Crippen molar-refractivity contribution in [2.45, 2.75) is 19.8 Å². The molecule has 0 bridgehead atoms. The predicted octanol–water partition coefficient (Wildman–Crippen LogP) is 1.94. The molecule has 98 valence electrons. The maximum atomic E-state index is 11.6. The summed E-state index contributed by atoms with van der Waals surface area (Å²) in [5.74, 6) is 1.10. The average molecular weight is 249 g/mol. The summed E-state index contributed by atoms with van der Waals surface area (Å²) in [5.41, 5.74) is 1.07. The van der Waals surface area contributed by atoms with Crippen LogP contribution in [0.1, 0.15) is 18.4 Å². The molecule has 0 atom stereocenters. The van der Waals surface area contributed by atoms with Gasteiger partial charge in [0.2, 0.25) is 0 Å². The number of ether oxygens (including phenoxy) is 1. The molecule has 0 spiro atoms. The van der Waals surface area contributed by atoms with Crippen LogP contribution < -0.4 is 10.6 Å². The van der Waals surface area contributed by atoms with Crippen molar-refractivity contribution in [2.24, 2.45) is 5.92 Å². The molecule has 0 radical (unpaired) electrons. The number of hydrogen-bond acceptors (Lipinski definition) is 3. The van der Waals surface area contributed by atoms with Gasteiger partial charge in [0.15, 0.2) is 0 Å². The molecular formula is C13H19N3O2. The smallest absolute Gasteiger partial charge is 0.320 e. The lowest BCUT2D eigenvalue weighted by atomic mass is 10.0. The van der Waals surface area contributed by atoms with Crippen molar-refractivity contribution in [2.75, 3.05) is 25.1 Å². The third-order valence-corrected chi connectivity index (χ3v) is 3.05. The number of anilines is 1. The highest BCUT2D eigenvalue weighted by molar-refractivity contribution is 5.88. The third kappa shape index (κ3) is 4.00. The zero-order valence-corrected chi connectivity index (χ0v) is 10.6. The van der Waals surface area contributed by atoms with Gasteiger partial charge in [0.05, 0.1) is 0 Å². The maximum Gasteiger partial charge on any atom is 0.320 e. The van der Waals surface area contributed by atoms with Crippen LogP contribution in [0.3, 0.4) is 0 Å². The van der Waals surface area contributed by atoms with E-state index in [9.17, 15) is 4.79 Å². The summed E-state index contributed by atoms with van der Waals surface area (Å²) in [7, 11) is 0. The number of carbonyl (C=O) groups excluding carboxylic acids is 1. The highest BCUT2D eigenvalue weighted by atomic mass is 16.5. The molecule has 5 nitrogen and oxygen atoms in total. The zero-order valence-electron chi connectivity index (χ0n) is 10.6. The van der Waals surface area contributed by atoms with E-state index in [-0.39, 0.29) is 6.03 Å². The first-order valence-electron chi connectivity index (χ1n) is 6.29. The minimum atomic E-state index is -0.196. The fourth-order valence-electron chi connectivity index (χ4n) is 1.89. The number of nitrogens with one attached hydrogen (secondary N) is 2. The fraction of sp³-hybridized carbons (Fsp3) is 0.538. The molecule has 1 fully saturated rings. The van der Waals surface area contributed by atoms with Crippen LogP contribution in [-0.2, 0) is 4.74 Å². The van der Waals surface area contributed by atoms with Gasteiger partial charge in [-0.05, 0) is 37.3 Å². The molecule has 1 aromatic heterocycles. The number of rotatable bonds is 3. The number of aromatic nitrogens is 1. The van der Waals surface area contributed by atoms with Crippen molar-refractivity contribution in [1.29, 1.82) is 0 Å². The summed E-state index contributed by atoms with van der Waals surface area (Å²) in [6, 6.07) is 3.52. The predicted molar refractivity (Wildman–Crippen MR) is 69.5 cm³/mol. The molecule has 5 heteroatoms. The topological polar surface area (TPSA) is 63.2 Å². The molecule has 0 aromatic carbocycles. The number of urea groups is 1. The van der Waals surface area contributed by atoms with Gasteiger partial charge in [-0.3, -0.25) is 5.32 Å². The third-order valence-electron chi connectivity index (χ3n) is 3.05. The van der Waals surface area contributed by atoms with Crippen molar-refractivity contribution < 1.29 is 9.53 Å². The van der Waals surface area contributed by atoms with Gasteiger partial charge in [0.1, 0.15) is 5.82 Å². The summed E-state index contributed by atoms with van der Waals surface area (Å²) >= 11 is 0. The molecule has 0 unspecified atom stereocenters. The van der Waals surface area contributed by atoms with Gasteiger partial charge in [-0.2, -0.15) is 0 Å². The van der Waals surface area contributed by atoms with Gasteiger partial charge in [-0.1, -0.05) is 6.07 Å². The van der Waals surface area contributed by atoms with Crippen molar-refractivity contribution in [3.8, 4) is 0 Å². The van der Waals surface area contributed by atoms with E-state index >= 15 is 0 Å². The minimum absolute atomic E-state index is 0.196. The monoisotopic (exact) mass is 249 g/mol. The van der Waals surface area contributed by atoms with Crippen LogP contribution in [0.25, 0.3) is 0 Å². The van der Waals surface area contributed by atoms with E-state index in [0.29, 0.717) is 18.3 Å². The van der Waals surface area contributed by atoms with Crippen LogP contribution in [-0.4, -0.2) is 30.8 Å². The Morgan fingerprint density at radius 3 is 2.89 bits per heavy atom. The highest BCUT2D eigenvalue weighted by Gasteiger charge is 2.14. The van der Waals surface area contributed by atoms with Gasteiger partial charge < -0.3 is 10.1 Å². The Labute approximate surface area is 107 Å². The minimum Gasteiger partial charge on any atom is -0.381 e. The summed E-state index contributed by atoms with van der Waals surface area (Å²) in [6.07, 6.45) is 3.76. The molecule has 2 amide bonds. The molecule has 0 saturated carbocycles. The molecule has 18 heavy (non-hydrogen) atoms. The molecule has 0 aliphatic carbocycles. The normalized spacial score (nSPS) is 16.3. The van der Waals surface area contributed by atoms with E-state index in [4.69, 9.17) is 4.74 Å². The van der Waals surface area contributed by atoms with Gasteiger partial charge in [0, 0.05) is 26.0 Å². The number of nitrogens with zero attached hydrogens (tertiary/aromatic N) is 1. The Bertz CT molecular complexity index is 386. The standard InChI is InChI=1S/C13H19N3O2/c1-10-2-3-12(14-8-10)16-13(17)15-9-11-4-6-18-7-5-11/h2-3,8,11H,4-7,9H2,1H3,(H2,14,15,16,17). The summed E-state index contributed by atoms with van der Waals surface area (Å²) in [4.78, 5) is 15.8. The van der Waals surface area contributed by atoms with E-state index < -0.39 is 0 Å². The van der Waals surface area contributed by atoms with Gasteiger partial charge in [-0.15, -0.1) is 0 Å². The van der Waals surface area contributed by atoms with Crippen LogP contribution in [0.4, 0.5) is 10.6 Å². The molecule has 1 aliphatic rings. The molecule has 1 aliphatic heterocycles. The first kappa shape index (κ1) is 12.8. The largest absolute Gasteiger partial charge is 0.381 e. The zero-order chi connectivity index (χ0) is 12.8. The Hall–Kier alpha value is -1.62. The lowest BCUT2D eigenvalue weighted by Gasteiger charge is -2.22. The average Bonchev–Trinajstić information content (AvgIpc) is 2.40. The molecule has 1 saturated heterocycles. The molecule has 2 N–H and O–H groups in total. The maximum absolute atomic E-state index is 11.6. The van der Waals surface area contributed by atoms with E-state index in [0.717, 1.165) is 31.6 Å². The fourth-order valence-corrected chi connectivity index (χ4v) is 1.89. The van der Waals surface area contributed by atoms with Crippen LogP contribution in [0.15, 0.2) is 18.3 Å². The van der Waals surface area contributed by atoms with Crippen LogP contribution in [0.5, 0.6) is 0 Å². The van der Waals surface area contributed by atoms with E-state index in [2.05, 4.69) is 15.6 Å². The van der Waals surface area contributed by atoms with Crippen LogP contribution in [0, 0.1) is 12.8 Å². The second-order valence-electron chi connectivity index (χ2n) is 4.61. The molecule has 2 rings (SSSR count). The lowest BCUT2D eigenvalue weighted by Crippen LogP contribution is -2.35. The van der Waals surface area contributed by atoms with E-state index in [1.54, 1.807) is 12.3 Å². The number of carbonyl (C=O) groups is 1. The van der Waals surface area contributed by atoms with Gasteiger partial charge in [0.25, 0.3) is 0 Å². The molecule has 2 heterocycles. The second kappa shape index (κ2) is 6.35. The molecule has 1 aromatic rings. The van der Waals surface area contributed by atoms with Crippen molar-refractivity contribution in [1.82, 2.24) is 10.3 Å². The lowest BCUT2D eigenvalue weighted by molar-refractivity contribution is 0.0671. The molecular weight excluding hydrogens is 230 g/mol. The summed E-state index contributed by atoms with van der Waals surface area (Å²) in [6.45, 7) is 4.25. The number of amides is 2. The summed E-state index contributed by atoms with van der Waals surface area (Å²) in [5, 5.41) is 5.59. The van der Waals surface area contributed by atoms with Crippen LogP contribution in [0.2, 0.25) is 0 Å². The van der Waals surface area contributed by atoms with Crippen molar-refractivity contribution in [3.63, 3.8) is 0 Å². The van der Waals surface area contributed by atoms with Crippen LogP contribution >= 0.6 is 0 Å². The van der Waals surface area contributed by atoms with E-state index in [1.807, 2.05) is 13.0 Å². The number of aryl methyl sites for hydroxylation is 1. The quantitative estimate of drug-likeness (QED) is 0.860. The number of pyridine rings is 1. The SMILES string of the molecule is Cc1ccc(NC(=O)NCC2CCOCC2)nc1. The van der Waals surface area contributed by atoms with Gasteiger partial charge >= 0.3 is 6.03 Å². The van der Waals surface area contributed by atoms with Crippen molar-refractivity contribution >= 4 is 11.8 Å². The Balaban J connectivity index is 1.73. The first-order chi connectivity index (χ1) is 8.74. The first-order valence-corrected chi connectivity index (χ1v) is 6.29. The van der Waals surface area contributed by atoms with E-state index in [1.165, 1.54) is 0 Å². The Kier molecular flexibility index (Phi) is 4.52. The Morgan fingerprint density at radius 1 is 1.44 bits per heavy atom. The van der Waals surface area contributed by atoms with Crippen molar-refractivity contribution in [3.05, 3.63) is 23.9 Å².